The summed E-state index contributed by atoms with van der Waals surface area (Å²) in [7, 11) is 0. The highest BCUT2D eigenvalue weighted by atomic mass is 79.9. The van der Waals surface area contributed by atoms with Gasteiger partial charge in [-0.15, -0.1) is 0 Å². The first-order valence-corrected chi connectivity index (χ1v) is 7.60. The van der Waals surface area contributed by atoms with Crippen LogP contribution in [0.2, 0.25) is 0 Å². The maximum atomic E-state index is 13.7. The Hall–Kier alpha value is -1.69. The first kappa shape index (κ1) is 15.7. The Balaban J connectivity index is 2.29. The zero-order chi connectivity index (χ0) is 15.4. The van der Waals surface area contributed by atoms with E-state index in [0.29, 0.717) is 16.0 Å². The Bertz CT molecular complexity index is 646. The average Bonchev–Trinajstić information content (AvgIpc) is 2.45. The van der Waals surface area contributed by atoms with Gasteiger partial charge < -0.3 is 10.6 Å². The molecule has 0 bridgehead atoms. The van der Waals surface area contributed by atoms with Crippen molar-refractivity contribution in [3.8, 4) is 0 Å². The topological polar surface area (TPSA) is 49.8 Å². The van der Waals surface area contributed by atoms with E-state index in [1.165, 1.54) is 12.4 Å². The summed E-state index contributed by atoms with van der Waals surface area (Å²) in [4.78, 5) is 8.47. The van der Waals surface area contributed by atoms with E-state index in [-0.39, 0.29) is 5.82 Å². The zero-order valence-electron chi connectivity index (χ0n) is 12.3. The highest BCUT2D eigenvalue weighted by Gasteiger charge is 2.10. The molecule has 0 radical (unpaired) electrons. The molecule has 0 saturated heterocycles. The van der Waals surface area contributed by atoms with Gasteiger partial charge in [-0.25, -0.2) is 14.4 Å². The van der Waals surface area contributed by atoms with Gasteiger partial charge in [0.15, 0.2) is 0 Å². The molecule has 0 amide bonds. The number of hydrogen-bond acceptors (Lipinski definition) is 4. The van der Waals surface area contributed by atoms with Gasteiger partial charge in [0.1, 0.15) is 23.8 Å². The first-order chi connectivity index (χ1) is 10.0. The molecule has 0 aliphatic carbocycles. The number of aryl methyl sites for hydroxylation is 1. The summed E-state index contributed by atoms with van der Waals surface area (Å²) in [6, 6.07) is 3.20. The van der Waals surface area contributed by atoms with Crippen molar-refractivity contribution in [1.29, 1.82) is 0 Å². The van der Waals surface area contributed by atoms with Crippen LogP contribution in [0.3, 0.4) is 0 Å². The molecule has 21 heavy (non-hydrogen) atoms. The van der Waals surface area contributed by atoms with Crippen molar-refractivity contribution in [2.24, 2.45) is 0 Å². The van der Waals surface area contributed by atoms with Gasteiger partial charge in [0.25, 0.3) is 0 Å². The van der Waals surface area contributed by atoms with Gasteiger partial charge in [0.05, 0.1) is 4.47 Å². The maximum absolute atomic E-state index is 13.7. The van der Waals surface area contributed by atoms with Crippen LogP contribution in [0.4, 0.5) is 21.7 Å². The van der Waals surface area contributed by atoms with E-state index in [4.69, 9.17) is 0 Å². The summed E-state index contributed by atoms with van der Waals surface area (Å²) < 4.78 is 14.1. The van der Waals surface area contributed by atoms with Crippen molar-refractivity contribution in [2.75, 3.05) is 17.2 Å². The molecule has 0 aliphatic rings. The highest BCUT2D eigenvalue weighted by Crippen LogP contribution is 2.28. The average molecular weight is 353 g/mol. The summed E-state index contributed by atoms with van der Waals surface area (Å²) in [5, 5.41) is 6.42. The van der Waals surface area contributed by atoms with Crippen molar-refractivity contribution >= 4 is 33.3 Å². The first-order valence-electron chi connectivity index (χ1n) is 6.81. The molecule has 2 rings (SSSR count). The molecule has 0 aliphatic heterocycles. The summed E-state index contributed by atoms with van der Waals surface area (Å²) >= 11 is 3.18. The van der Waals surface area contributed by atoms with Crippen LogP contribution in [0.25, 0.3) is 0 Å². The van der Waals surface area contributed by atoms with Gasteiger partial charge in [0, 0.05) is 17.8 Å². The van der Waals surface area contributed by atoms with Crippen molar-refractivity contribution < 1.29 is 4.39 Å². The second-order valence-electron chi connectivity index (χ2n) is 4.83. The summed E-state index contributed by atoms with van der Waals surface area (Å²) in [5.41, 5.74) is 2.54. The molecule has 4 nitrogen and oxygen atoms in total. The lowest BCUT2D eigenvalue weighted by Crippen LogP contribution is -2.07. The molecule has 0 fully saturated rings. The zero-order valence-corrected chi connectivity index (χ0v) is 13.9. The number of anilines is 3. The third-order valence-corrected chi connectivity index (χ3v) is 3.75. The van der Waals surface area contributed by atoms with Crippen LogP contribution in [-0.4, -0.2) is 16.5 Å². The highest BCUT2D eigenvalue weighted by molar-refractivity contribution is 9.10. The molecular formula is C15H18BrFN4. The van der Waals surface area contributed by atoms with Gasteiger partial charge >= 0.3 is 0 Å². The van der Waals surface area contributed by atoms with E-state index >= 15 is 0 Å². The fourth-order valence-corrected chi connectivity index (χ4v) is 2.36. The molecule has 2 N–H and O–H groups in total. The van der Waals surface area contributed by atoms with Crippen molar-refractivity contribution in [3.63, 3.8) is 0 Å². The molecule has 0 atom stereocenters. The minimum atomic E-state index is -0.306. The summed E-state index contributed by atoms with van der Waals surface area (Å²) in [6.07, 6.45) is 2.51. The van der Waals surface area contributed by atoms with E-state index in [2.05, 4.69) is 43.5 Å². The summed E-state index contributed by atoms with van der Waals surface area (Å²) in [6.45, 7) is 6.80. The Labute approximate surface area is 132 Å². The number of rotatable bonds is 5. The number of benzene rings is 1. The lowest BCUT2D eigenvalue weighted by molar-refractivity contribution is 0.621. The Morgan fingerprint density at radius 3 is 2.62 bits per heavy atom. The lowest BCUT2D eigenvalue weighted by atomic mass is 10.2. The number of hydrogen-bond donors (Lipinski definition) is 2. The fourth-order valence-electron chi connectivity index (χ4n) is 1.91. The predicted molar refractivity (Wildman–Crippen MR) is 87.7 cm³/mol. The molecule has 1 aromatic heterocycles. The van der Waals surface area contributed by atoms with Crippen LogP contribution in [0.15, 0.2) is 22.9 Å². The van der Waals surface area contributed by atoms with E-state index < -0.39 is 0 Å². The van der Waals surface area contributed by atoms with Crippen LogP contribution in [0.1, 0.15) is 24.5 Å². The van der Waals surface area contributed by atoms with Gasteiger partial charge in [0.2, 0.25) is 0 Å². The van der Waals surface area contributed by atoms with Gasteiger partial charge in [-0.3, -0.25) is 0 Å². The van der Waals surface area contributed by atoms with E-state index in [9.17, 15) is 4.39 Å². The fraction of sp³-hybridized carbons (Fsp3) is 0.333. The van der Waals surface area contributed by atoms with E-state index in [0.717, 1.165) is 29.9 Å². The SMILES string of the molecule is CCCNc1ncnc(Nc2cc(F)c(Br)cc2C)c1C. The molecule has 6 heteroatoms. The Morgan fingerprint density at radius 2 is 1.90 bits per heavy atom. The maximum Gasteiger partial charge on any atom is 0.139 e. The van der Waals surface area contributed by atoms with Crippen LogP contribution >= 0.6 is 15.9 Å². The predicted octanol–water partition coefficient (Wildman–Crippen LogP) is 4.56. The van der Waals surface area contributed by atoms with Crippen LogP contribution in [0.5, 0.6) is 0 Å². The summed E-state index contributed by atoms with van der Waals surface area (Å²) in [5.74, 6) is 1.16. The number of halogens is 2. The van der Waals surface area contributed by atoms with Crippen molar-refractivity contribution in [1.82, 2.24) is 9.97 Å². The Kier molecular flexibility index (Phi) is 5.12. The minimum absolute atomic E-state index is 0.306. The van der Waals surface area contributed by atoms with E-state index in [1.807, 2.05) is 13.8 Å². The van der Waals surface area contributed by atoms with Crippen LogP contribution in [-0.2, 0) is 0 Å². The minimum Gasteiger partial charge on any atom is -0.370 e. The molecule has 2 aromatic rings. The van der Waals surface area contributed by atoms with Crippen LogP contribution < -0.4 is 10.6 Å². The molecule has 1 aromatic carbocycles. The number of nitrogens with one attached hydrogen (secondary N) is 2. The van der Waals surface area contributed by atoms with Gasteiger partial charge in [-0.2, -0.15) is 0 Å². The number of nitrogens with zero attached hydrogens (tertiary/aromatic N) is 2. The second kappa shape index (κ2) is 6.85. The molecule has 1 heterocycles. The third-order valence-electron chi connectivity index (χ3n) is 3.15. The van der Waals surface area contributed by atoms with Gasteiger partial charge in [-0.1, -0.05) is 6.92 Å². The lowest BCUT2D eigenvalue weighted by Gasteiger charge is -2.14. The normalized spacial score (nSPS) is 10.5. The largest absolute Gasteiger partial charge is 0.370 e. The van der Waals surface area contributed by atoms with E-state index in [1.54, 1.807) is 6.07 Å². The standard InChI is InChI=1S/C15H18BrFN4/c1-4-5-18-14-10(3)15(20-8-19-14)21-13-7-12(17)11(16)6-9(13)2/h6-8H,4-5H2,1-3H3,(H2,18,19,20,21). The third kappa shape index (κ3) is 3.69. The molecule has 0 spiro atoms. The smallest absolute Gasteiger partial charge is 0.139 e. The number of aromatic nitrogens is 2. The van der Waals surface area contributed by atoms with Crippen molar-refractivity contribution in [3.05, 3.63) is 39.9 Å². The molecule has 112 valence electrons. The quantitative estimate of drug-likeness (QED) is 0.827. The monoisotopic (exact) mass is 352 g/mol. The molecule has 0 unspecified atom stereocenters. The van der Waals surface area contributed by atoms with Crippen molar-refractivity contribution in [2.45, 2.75) is 27.2 Å². The Morgan fingerprint density at radius 1 is 1.19 bits per heavy atom. The molecular weight excluding hydrogens is 335 g/mol. The van der Waals surface area contributed by atoms with Gasteiger partial charge in [-0.05, 0) is 53.9 Å². The second-order valence-corrected chi connectivity index (χ2v) is 5.68. The molecule has 0 saturated carbocycles. The van der Waals surface area contributed by atoms with Crippen LogP contribution in [0, 0.1) is 19.7 Å².